The molecule has 3 aromatic rings. The van der Waals surface area contributed by atoms with Gasteiger partial charge in [0.15, 0.2) is 0 Å². The summed E-state index contributed by atoms with van der Waals surface area (Å²) < 4.78 is 17.9. The maximum Gasteiger partial charge on any atom is 0.328 e. The molecule has 0 aliphatic rings. The molecule has 0 spiro atoms. The Bertz CT molecular complexity index is 1210. The van der Waals surface area contributed by atoms with Crippen molar-refractivity contribution >= 4 is 40.7 Å². The van der Waals surface area contributed by atoms with E-state index in [2.05, 4.69) is 20.4 Å². The molecule has 0 unspecified atom stereocenters. The number of nitrogens with one attached hydrogen (secondary N) is 2. The van der Waals surface area contributed by atoms with E-state index in [1.807, 2.05) is 0 Å². The summed E-state index contributed by atoms with van der Waals surface area (Å²) in [6.07, 6.45) is 0. The number of ether oxygens (including phenoxy) is 1. The van der Waals surface area contributed by atoms with Gasteiger partial charge in [-0.15, -0.1) is 0 Å². The molecule has 172 valence electrons. The molecule has 0 aliphatic carbocycles. The number of methoxy groups -OCH3 is 1. The first-order valence-electron chi connectivity index (χ1n) is 9.83. The molecule has 10 heteroatoms. The molecule has 1 aromatic heterocycles. The Labute approximate surface area is 194 Å². The number of aromatic hydroxyl groups is 1. The number of aromatic nitrogens is 1. The van der Waals surface area contributed by atoms with Crippen molar-refractivity contribution in [2.24, 2.45) is 0 Å². The SMILES string of the molecule is COC(=O)[C@@H](C)NC(=O)c1ccc(-c2cc(Nc3ccc(Cl)cc3CF)ccc2O)nc1N. The van der Waals surface area contributed by atoms with Crippen LogP contribution < -0.4 is 16.4 Å². The van der Waals surface area contributed by atoms with Crippen LogP contribution in [0.25, 0.3) is 11.3 Å². The van der Waals surface area contributed by atoms with Gasteiger partial charge in [0.05, 0.1) is 18.4 Å². The maximum atomic E-state index is 13.3. The van der Waals surface area contributed by atoms with Crippen molar-refractivity contribution in [3.8, 4) is 17.0 Å². The monoisotopic (exact) mass is 472 g/mol. The van der Waals surface area contributed by atoms with Crippen LogP contribution in [0.5, 0.6) is 5.75 Å². The molecule has 1 atom stereocenters. The zero-order valence-corrected chi connectivity index (χ0v) is 18.6. The highest BCUT2D eigenvalue weighted by Crippen LogP contribution is 2.33. The Morgan fingerprint density at radius 2 is 1.97 bits per heavy atom. The Hall–Kier alpha value is -3.85. The average Bonchev–Trinajstić information content (AvgIpc) is 2.80. The molecular weight excluding hydrogens is 451 g/mol. The van der Waals surface area contributed by atoms with Crippen LogP contribution in [0.2, 0.25) is 5.02 Å². The Balaban J connectivity index is 1.87. The summed E-state index contributed by atoms with van der Waals surface area (Å²) in [6, 6.07) is 11.6. The summed E-state index contributed by atoms with van der Waals surface area (Å²) in [5.74, 6) is -1.34. The predicted octanol–water partition coefficient (Wildman–Crippen LogP) is 4.19. The van der Waals surface area contributed by atoms with Crippen LogP contribution in [0.1, 0.15) is 22.8 Å². The summed E-state index contributed by atoms with van der Waals surface area (Å²) in [5, 5.41) is 16.3. The van der Waals surface area contributed by atoms with Crippen LogP contribution >= 0.6 is 11.6 Å². The first-order valence-corrected chi connectivity index (χ1v) is 10.2. The molecule has 5 N–H and O–H groups in total. The van der Waals surface area contributed by atoms with Gasteiger partial charge in [-0.25, -0.2) is 14.2 Å². The molecule has 3 rings (SSSR count). The van der Waals surface area contributed by atoms with E-state index >= 15 is 0 Å². The van der Waals surface area contributed by atoms with Gasteiger partial charge in [-0.2, -0.15) is 0 Å². The number of alkyl halides is 1. The molecule has 0 fully saturated rings. The van der Waals surface area contributed by atoms with E-state index in [1.165, 1.54) is 38.3 Å². The van der Waals surface area contributed by atoms with Gasteiger partial charge < -0.3 is 26.2 Å². The third-order valence-corrected chi connectivity index (χ3v) is 5.07. The predicted molar refractivity (Wildman–Crippen MR) is 124 cm³/mol. The maximum absolute atomic E-state index is 13.3. The van der Waals surface area contributed by atoms with E-state index in [-0.39, 0.29) is 17.1 Å². The van der Waals surface area contributed by atoms with Crippen LogP contribution in [0.4, 0.5) is 21.6 Å². The quantitative estimate of drug-likeness (QED) is 0.300. The fourth-order valence-electron chi connectivity index (χ4n) is 3.10. The lowest BCUT2D eigenvalue weighted by atomic mass is 10.1. The minimum absolute atomic E-state index is 0.0641. The number of pyridine rings is 1. The number of carbonyl (C=O) groups is 2. The lowest BCUT2D eigenvalue weighted by Gasteiger charge is -2.14. The van der Waals surface area contributed by atoms with Gasteiger partial charge in [0, 0.05) is 27.5 Å². The van der Waals surface area contributed by atoms with E-state index in [9.17, 15) is 19.1 Å². The van der Waals surface area contributed by atoms with Crippen LogP contribution in [0, 0.1) is 0 Å². The van der Waals surface area contributed by atoms with Gasteiger partial charge in [0.1, 0.15) is 24.3 Å². The fourth-order valence-corrected chi connectivity index (χ4v) is 3.29. The molecule has 0 saturated carbocycles. The van der Waals surface area contributed by atoms with E-state index in [0.717, 1.165) is 0 Å². The second kappa shape index (κ2) is 10.2. The van der Waals surface area contributed by atoms with Crippen molar-refractivity contribution in [3.05, 3.63) is 64.7 Å². The van der Waals surface area contributed by atoms with Gasteiger partial charge >= 0.3 is 5.97 Å². The van der Waals surface area contributed by atoms with E-state index in [4.69, 9.17) is 17.3 Å². The zero-order chi connectivity index (χ0) is 24.1. The van der Waals surface area contributed by atoms with Crippen LogP contribution in [-0.2, 0) is 16.2 Å². The lowest BCUT2D eigenvalue weighted by Crippen LogP contribution is -2.39. The fraction of sp³-hybridized carbons (Fsp3) is 0.174. The number of hydrogen-bond acceptors (Lipinski definition) is 7. The minimum atomic E-state index is -0.865. The highest BCUT2D eigenvalue weighted by atomic mass is 35.5. The average molecular weight is 473 g/mol. The number of amides is 1. The molecule has 0 bridgehead atoms. The van der Waals surface area contributed by atoms with Gasteiger partial charge in [0.2, 0.25) is 0 Å². The Kier molecular flexibility index (Phi) is 7.34. The van der Waals surface area contributed by atoms with Crippen molar-refractivity contribution in [2.45, 2.75) is 19.6 Å². The van der Waals surface area contributed by atoms with Gasteiger partial charge in [-0.05, 0) is 55.5 Å². The van der Waals surface area contributed by atoms with Crippen LogP contribution in [0.15, 0.2) is 48.5 Å². The summed E-state index contributed by atoms with van der Waals surface area (Å²) >= 11 is 5.93. The van der Waals surface area contributed by atoms with Gasteiger partial charge in [0.25, 0.3) is 5.91 Å². The van der Waals surface area contributed by atoms with Crippen molar-refractivity contribution in [1.29, 1.82) is 0 Å². The summed E-state index contributed by atoms with van der Waals surface area (Å²) in [5.41, 5.74) is 8.17. The highest BCUT2D eigenvalue weighted by Gasteiger charge is 2.20. The number of benzene rings is 2. The molecule has 2 aromatic carbocycles. The third-order valence-electron chi connectivity index (χ3n) is 4.83. The number of esters is 1. The number of carbonyl (C=O) groups excluding carboxylic acids is 2. The summed E-state index contributed by atoms with van der Waals surface area (Å²) in [4.78, 5) is 28.2. The van der Waals surface area contributed by atoms with Crippen LogP contribution in [0.3, 0.4) is 0 Å². The largest absolute Gasteiger partial charge is 0.507 e. The number of phenolic OH excluding ortho intramolecular Hbond substituents is 1. The molecule has 1 amide bonds. The molecule has 1 heterocycles. The Morgan fingerprint density at radius 1 is 1.21 bits per heavy atom. The number of halogens is 2. The lowest BCUT2D eigenvalue weighted by molar-refractivity contribution is -0.142. The smallest absolute Gasteiger partial charge is 0.328 e. The zero-order valence-electron chi connectivity index (χ0n) is 17.9. The first kappa shape index (κ1) is 23.8. The standard InChI is InChI=1S/C23H22ClFN4O4/c1-12(23(32)33-2)27-22(31)16-5-7-19(29-21(16)26)17-10-15(4-8-20(17)30)28-18-6-3-14(24)9-13(18)11-25/h3-10,12,28,30H,11H2,1-2H3,(H2,26,29)(H,27,31)/t12-/m1/s1. The summed E-state index contributed by atoms with van der Waals surface area (Å²) in [6.45, 7) is 0.775. The van der Waals surface area contributed by atoms with Crippen molar-refractivity contribution in [3.63, 3.8) is 0 Å². The van der Waals surface area contributed by atoms with E-state index in [0.29, 0.717) is 33.2 Å². The molecule has 0 radical (unpaired) electrons. The highest BCUT2D eigenvalue weighted by molar-refractivity contribution is 6.30. The van der Waals surface area contributed by atoms with E-state index < -0.39 is 24.6 Å². The third kappa shape index (κ3) is 5.50. The van der Waals surface area contributed by atoms with E-state index in [1.54, 1.807) is 24.3 Å². The second-order valence-electron chi connectivity index (χ2n) is 7.14. The molecule has 8 nitrogen and oxygen atoms in total. The molecule has 33 heavy (non-hydrogen) atoms. The normalized spacial score (nSPS) is 11.5. The van der Waals surface area contributed by atoms with Crippen molar-refractivity contribution in [1.82, 2.24) is 10.3 Å². The number of nitrogen functional groups attached to an aromatic ring is 1. The second-order valence-corrected chi connectivity index (χ2v) is 7.58. The molecule has 0 saturated heterocycles. The van der Waals surface area contributed by atoms with Crippen molar-refractivity contribution < 1.29 is 23.8 Å². The van der Waals surface area contributed by atoms with Gasteiger partial charge in [-0.3, -0.25) is 4.79 Å². The minimum Gasteiger partial charge on any atom is -0.507 e. The number of hydrogen-bond donors (Lipinski definition) is 4. The Morgan fingerprint density at radius 3 is 2.64 bits per heavy atom. The van der Waals surface area contributed by atoms with Gasteiger partial charge in [-0.1, -0.05) is 11.6 Å². The topological polar surface area (TPSA) is 127 Å². The number of rotatable bonds is 7. The molecule has 0 aliphatic heterocycles. The number of anilines is 3. The number of nitrogens with zero attached hydrogens (tertiary/aromatic N) is 1. The van der Waals surface area contributed by atoms with Crippen molar-refractivity contribution in [2.75, 3.05) is 18.2 Å². The van der Waals surface area contributed by atoms with Crippen LogP contribution in [-0.4, -0.2) is 35.1 Å². The number of phenols is 1. The first-order chi connectivity index (χ1) is 15.7. The molecular formula is C23H22ClFN4O4. The summed E-state index contributed by atoms with van der Waals surface area (Å²) in [7, 11) is 1.22. The number of nitrogens with two attached hydrogens (primary N) is 1.